The van der Waals surface area contributed by atoms with Crippen molar-refractivity contribution in [3.05, 3.63) is 12.2 Å². The first-order valence-corrected chi connectivity index (χ1v) is 6.06. The van der Waals surface area contributed by atoms with Gasteiger partial charge in [0.1, 0.15) is 0 Å². The molecule has 1 aliphatic heterocycles. The number of allylic oxidation sites excluding steroid dienone is 2. The molecule has 1 rings (SSSR count). The van der Waals surface area contributed by atoms with E-state index in [0.29, 0.717) is 5.66 Å². The van der Waals surface area contributed by atoms with Crippen LogP contribution in [0.3, 0.4) is 0 Å². The van der Waals surface area contributed by atoms with E-state index in [9.17, 15) is 4.57 Å². The Kier molecular flexibility index (Phi) is 2.36. The van der Waals surface area contributed by atoms with Crippen molar-refractivity contribution in [3.8, 4) is 0 Å². The van der Waals surface area contributed by atoms with Crippen molar-refractivity contribution >= 4 is 7.14 Å². The zero-order valence-corrected chi connectivity index (χ0v) is 7.60. The normalized spacial score (nSPS) is 25.0. The van der Waals surface area contributed by atoms with E-state index >= 15 is 0 Å². The third-order valence-electron chi connectivity index (χ3n) is 2.39. The van der Waals surface area contributed by atoms with E-state index in [4.69, 9.17) is 0 Å². The summed E-state index contributed by atoms with van der Waals surface area (Å²) in [7, 11) is -1.77. The first-order valence-electron chi connectivity index (χ1n) is 3.92. The predicted molar refractivity (Wildman–Crippen MR) is 46.2 cm³/mol. The molecule has 0 N–H and O–H groups in total. The maximum absolute atomic E-state index is 11.9. The molecule has 1 aliphatic rings. The summed E-state index contributed by atoms with van der Waals surface area (Å²) < 4.78 is 11.9. The van der Waals surface area contributed by atoms with Gasteiger partial charge in [0.15, 0.2) is 0 Å². The standard InChI is InChI=1S/C8H15OP/c1-3-8(2)10(9)6-4-5-7-10/h4-5,8H,3,6-7H2,1-2H3. The summed E-state index contributed by atoms with van der Waals surface area (Å²) >= 11 is 0. The molecule has 1 unspecified atom stereocenters. The molecule has 1 nitrogen and oxygen atoms in total. The summed E-state index contributed by atoms with van der Waals surface area (Å²) in [4.78, 5) is 0. The van der Waals surface area contributed by atoms with Crippen LogP contribution in [0.4, 0.5) is 0 Å². The Balaban J connectivity index is 2.62. The van der Waals surface area contributed by atoms with Crippen LogP contribution in [0.2, 0.25) is 0 Å². The van der Waals surface area contributed by atoms with Gasteiger partial charge in [0.05, 0.1) is 7.14 Å². The van der Waals surface area contributed by atoms with Crippen molar-refractivity contribution < 1.29 is 4.57 Å². The van der Waals surface area contributed by atoms with Gasteiger partial charge in [-0.2, -0.15) is 0 Å². The number of hydrogen-bond donors (Lipinski definition) is 0. The highest BCUT2D eigenvalue weighted by molar-refractivity contribution is 7.65. The fraction of sp³-hybridized carbons (Fsp3) is 0.750. The maximum atomic E-state index is 11.9. The lowest BCUT2D eigenvalue weighted by Crippen LogP contribution is -2.03. The van der Waals surface area contributed by atoms with E-state index in [-0.39, 0.29) is 0 Å². The zero-order chi connectivity index (χ0) is 7.61. The Hall–Kier alpha value is -0.0300. The molecule has 0 bridgehead atoms. The maximum Gasteiger partial charge on any atom is 0.0975 e. The van der Waals surface area contributed by atoms with Gasteiger partial charge in [-0.05, 0) is 6.42 Å². The Morgan fingerprint density at radius 2 is 2.00 bits per heavy atom. The highest BCUT2D eigenvalue weighted by Crippen LogP contribution is 2.54. The topological polar surface area (TPSA) is 17.1 Å². The molecular weight excluding hydrogens is 143 g/mol. The Morgan fingerprint density at radius 1 is 1.50 bits per heavy atom. The summed E-state index contributed by atoms with van der Waals surface area (Å²) in [5.74, 6) is 0. The molecule has 0 radical (unpaired) electrons. The fourth-order valence-corrected chi connectivity index (χ4v) is 3.82. The lowest BCUT2D eigenvalue weighted by atomic mass is 10.4. The Morgan fingerprint density at radius 3 is 2.40 bits per heavy atom. The Bertz CT molecular complexity index is 172. The molecule has 1 atom stereocenters. The van der Waals surface area contributed by atoms with Gasteiger partial charge in [0.25, 0.3) is 0 Å². The minimum Gasteiger partial charge on any atom is -0.323 e. The van der Waals surface area contributed by atoms with Crippen molar-refractivity contribution in [3.63, 3.8) is 0 Å². The van der Waals surface area contributed by atoms with Crippen LogP contribution in [0.25, 0.3) is 0 Å². The van der Waals surface area contributed by atoms with E-state index in [1.807, 2.05) is 0 Å². The second kappa shape index (κ2) is 2.92. The fourth-order valence-electron chi connectivity index (χ4n) is 1.27. The average molecular weight is 158 g/mol. The molecule has 1 heterocycles. The van der Waals surface area contributed by atoms with Crippen LogP contribution in [0.15, 0.2) is 12.2 Å². The van der Waals surface area contributed by atoms with Crippen LogP contribution in [0, 0.1) is 0 Å². The van der Waals surface area contributed by atoms with E-state index in [1.165, 1.54) is 0 Å². The van der Waals surface area contributed by atoms with Crippen molar-refractivity contribution in [2.75, 3.05) is 12.3 Å². The summed E-state index contributed by atoms with van der Waals surface area (Å²) in [6, 6.07) is 0. The molecule has 0 amide bonds. The lowest BCUT2D eigenvalue weighted by Gasteiger charge is -2.17. The van der Waals surface area contributed by atoms with Gasteiger partial charge in [-0.1, -0.05) is 26.0 Å². The minimum atomic E-state index is -1.77. The minimum absolute atomic E-state index is 0.433. The molecule has 0 saturated carbocycles. The van der Waals surface area contributed by atoms with Gasteiger partial charge in [-0.3, -0.25) is 0 Å². The monoisotopic (exact) mass is 158 g/mol. The van der Waals surface area contributed by atoms with E-state index in [2.05, 4.69) is 26.0 Å². The average Bonchev–Trinajstić information content (AvgIpc) is 2.36. The second-order valence-electron chi connectivity index (χ2n) is 3.05. The van der Waals surface area contributed by atoms with Gasteiger partial charge in [0.2, 0.25) is 0 Å². The van der Waals surface area contributed by atoms with Crippen LogP contribution < -0.4 is 0 Å². The smallest absolute Gasteiger partial charge is 0.0975 e. The SMILES string of the molecule is CCC(C)P1(=O)CC=CC1. The predicted octanol–water partition coefficient (Wildman–Crippen LogP) is 2.72. The quantitative estimate of drug-likeness (QED) is 0.446. The van der Waals surface area contributed by atoms with Crippen LogP contribution >= 0.6 is 7.14 Å². The molecule has 0 aromatic heterocycles. The largest absolute Gasteiger partial charge is 0.323 e. The van der Waals surface area contributed by atoms with Gasteiger partial charge >= 0.3 is 0 Å². The van der Waals surface area contributed by atoms with Crippen molar-refractivity contribution in [1.29, 1.82) is 0 Å². The number of hydrogen-bond acceptors (Lipinski definition) is 1. The Labute approximate surface area is 62.9 Å². The summed E-state index contributed by atoms with van der Waals surface area (Å²) in [6.07, 6.45) is 6.88. The summed E-state index contributed by atoms with van der Waals surface area (Å²) in [5.41, 5.74) is 0.433. The molecule has 0 fully saturated rings. The molecule has 58 valence electrons. The molecule has 2 heteroatoms. The highest BCUT2D eigenvalue weighted by atomic mass is 31.2. The van der Waals surface area contributed by atoms with Crippen LogP contribution in [-0.4, -0.2) is 18.0 Å². The van der Waals surface area contributed by atoms with Crippen molar-refractivity contribution in [2.24, 2.45) is 0 Å². The van der Waals surface area contributed by atoms with Gasteiger partial charge < -0.3 is 4.57 Å². The van der Waals surface area contributed by atoms with E-state index < -0.39 is 7.14 Å². The van der Waals surface area contributed by atoms with E-state index in [0.717, 1.165) is 18.7 Å². The van der Waals surface area contributed by atoms with Gasteiger partial charge in [0, 0.05) is 18.0 Å². The van der Waals surface area contributed by atoms with Crippen molar-refractivity contribution in [2.45, 2.75) is 25.9 Å². The molecular formula is C8H15OP. The molecule has 0 aromatic carbocycles. The molecule has 10 heavy (non-hydrogen) atoms. The number of rotatable bonds is 2. The third-order valence-corrected chi connectivity index (χ3v) is 6.02. The summed E-state index contributed by atoms with van der Waals surface area (Å²) in [5, 5.41) is 0. The van der Waals surface area contributed by atoms with Crippen molar-refractivity contribution in [1.82, 2.24) is 0 Å². The summed E-state index contributed by atoms with van der Waals surface area (Å²) in [6.45, 7) is 4.22. The molecule has 0 aliphatic carbocycles. The molecule has 0 aromatic rings. The highest BCUT2D eigenvalue weighted by Gasteiger charge is 2.28. The first-order chi connectivity index (χ1) is 4.69. The third kappa shape index (κ3) is 1.34. The van der Waals surface area contributed by atoms with Gasteiger partial charge in [-0.15, -0.1) is 0 Å². The molecule has 0 saturated heterocycles. The second-order valence-corrected chi connectivity index (χ2v) is 6.56. The zero-order valence-electron chi connectivity index (χ0n) is 6.71. The lowest BCUT2D eigenvalue weighted by molar-refractivity contribution is 0.569. The van der Waals surface area contributed by atoms with E-state index in [1.54, 1.807) is 0 Å². The first kappa shape index (κ1) is 8.07. The van der Waals surface area contributed by atoms with Crippen LogP contribution in [0.1, 0.15) is 20.3 Å². The van der Waals surface area contributed by atoms with Crippen LogP contribution in [-0.2, 0) is 4.57 Å². The van der Waals surface area contributed by atoms with Crippen LogP contribution in [0.5, 0.6) is 0 Å². The van der Waals surface area contributed by atoms with Gasteiger partial charge in [-0.25, -0.2) is 0 Å². The molecule has 0 spiro atoms.